The first kappa shape index (κ1) is 16.6. The zero-order valence-electron chi connectivity index (χ0n) is 14.2. The molecule has 6 nitrogen and oxygen atoms in total. The topological polar surface area (TPSA) is 85.8 Å². The van der Waals surface area contributed by atoms with Gasteiger partial charge >= 0.3 is 0 Å². The van der Waals surface area contributed by atoms with Crippen LogP contribution >= 0.6 is 11.8 Å². The van der Waals surface area contributed by atoms with Gasteiger partial charge in [-0.25, -0.2) is 4.68 Å². The Morgan fingerprint density at radius 1 is 1.30 bits per heavy atom. The first-order valence-corrected chi connectivity index (χ1v) is 9.52. The zero-order chi connectivity index (χ0) is 16.6. The van der Waals surface area contributed by atoms with Crippen LogP contribution in [0, 0.1) is 11.8 Å². The summed E-state index contributed by atoms with van der Waals surface area (Å²) in [7, 11) is 0. The molecule has 0 aromatic carbocycles. The minimum Gasteiger partial charge on any atom is -0.352 e. The van der Waals surface area contributed by atoms with Gasteiger partial charge in [0.1, 0.15) is 0 Å². The molecule has 0 saturated heterocycles. The van der Waals surface area contributed by atoms with Crippen LogP contribution in [0.15, 0.2) is 5.16 Å². The number of nitrogens with two attached hydrogens (primary N) is 1. The molecule has 0 spiro atoms. The summed E-state index contributed by atoms with van der Waals surface area (Å²) in [6, 6.07) is 0.284. The molecular weight excluding hydrogens is 310 g/mol. The highest BCUT2D eigenvalue weighted by Crippen LogP contribution is 2.39. The lowest BCUT2D eigenvalue weighted by molar-refractivity contribution is -0.121. The van der Waals surface area contributed by atoms with Crippen LogP contribution in [0.25, 0.3) is 0 Å². The number of hydrogen-bond donors (Lipinski definition) is 2. The smallest absolute Gasteiger partial charge is 0.233 e. The number of carbonyl (C=O) groups is 1. The largest absolute Gasteiger partial charge is 0.352 e. The molecule has 3 rings (SSSR count). The second-order valence-corrected chi connectivity index (χ2v) is 8.44. The lowest BCUT2D eigenvalue weighted by Gasteiger charge is -2.35. The molecule has 0 radical (unpaired) electrons. The van der Waals surface area contributed by atoms with Gasteiger partial charge in [-0.15, -0.1) is 10.2 Å². The number of nitrogens with zero attached hydrogens (tertiary/aromatic N) is 3. The van der Waals surface area contributed by atoms with Crippen LogP contribution in [0.1, 0.15) is 64.6 Å². The van der Waals surface area contributed by atoms with Gasteiger partial charge in [0.15, 0.2) is 5.82 Å². The van der Waals surface area contributed by atoms with Gasteiger partial charge in [0.05, 0.1) is 5.25 Å². The lowest BCUT2D eigenvalue weighted by Crippen LogP contribution is -2.46. The van der Waals surface area contributed by atoms with E-state index >= 15 is 0 Å². The van der Waals surface area contributed by atoms with E-state index in [-0.39, 0.29) is 17.2 Å². The molecule has 0 aliphatic heterocycles. The van der Waals surface area contributed by atoms with Crippen LogP contribution in [0.4, 0.5) is 0 Å². The minimum absolute atomic E-state index is 0.0666. The molecule has 128 valence electrons. The second kappa shape index (κ2) is 6.71. The quantitative estimate of drug-likeness (QED) is 0.636. The van der Waals surface area contributed by atoms with Crippen LogP contribution in [0.5, 0.6) is 0 Å². The maximum absolute atomic E-state index is 12.5. The Balaban J connectivity index is 1.57. The second-order valence-electron chi connectivity index (χ2n) is 7.13. The van der Waals surface area contributed by atoms with Gasteiger partial charge in [-0.3, -0.25) is 4.79 Å². The minimum atomic E-state index is -0.224. The Morgan fingerprint density at radius 2 is 2.04 bits per heavy atom. The zero-order valence-corrected chi connectivity index (χ0v) is 15.0. The Labute approximate surface area is 142 Å². The van der Waals surface area contributed by atoms with Crippen LogP contribution in [-0.4, -0.2) is 32.1 Å². The van der Waals surface area contributed by atoms with Crippen molar-refractivity contribution in [2.24, 2.45) is 11.8 Å². The normalized spacial score (nSPS) is 29.3. The fourth-order valence-corrected chi connectivity index (χ4v) is 4.07. The van der Waals surface area contributed by atoms with Gasteiger partial charge in [0, 0.05) is 12.0 Å². The van der Waals surface area contributed by atoms with Crippen molar-refractivity contribution in [1.82, 2.24) is 20.2 Å². The van der Waals surface area contributed by atoms with Crippen molar-refractivity contribution in [2.45, 2.75) is 75.2 Å². The Morgan fingerprint density at radius 3 is 2.74 bits per heavy atom. The molecule has 2 saturated carbocycles. The lowest BCUT2D eigenvalue weighted by atomic mass is 9.78. The summed E-state index contributed by atoms with van der Waals surface area (Å²) < 4.78 is 1.55. The molecule has 3 N–H and O–H groups in total. The van der Waals surface area contributed by atoms with Gasteiger partial charge in [-0.1, -0.05) is 38.5 Å². The fraction of sp³-hybridized carbons (Fsp3) is 0.812. The molecule has 0 bridgehead atoms. The number of thioether (sulfide) groups is 1. The van der Waals surface area contributed by atoms with E-state index in [1.165, 1.54) is 24.6 Å². The fourth-order valence-electron chi connectivity index (χ4n) is 3.29. The summed E-state index contributed by atoms with van der Waals surface area (Å²) in [4.78, 5) is 12.5. The summed E-state index contributed by atoms with van der Waals surface area (Å²) in [6.07, 6.45) is 5.80. The van der Waals surface area contributed by atoms with Crippen molar-refractivity contribution in [3.8, 4) is 0 Å². The first-order valence-electron chi connectivity index (χ1n) is 8.64. The van der Waals surface area contributed by atoms with Gasteiger partial charge in [-0.2, -0.15) is 0 Å². The highest BCUT2D eigenvalue weighted by Gasteiger charge is 2.32. The van der Waals surface area contributed by atoms with Crippen molar-refractivity contribution in [3.05, 3.63) is 5.82 Å². The summed E-state index contributed by atoms with van der Waals surface area (Å²) in [5.41, 5.74) is 0. The van der Waals surface area contributed by atoms with E-state index in [9.17, 15) is 4.79 Å². The van der Waals surface area contributed by atoms with Crippen molar-refractivity contribution in [1.29, 1.82) is 0 Å². The summed E-state index contributed by atoms with van der Waals surface area (Å²) in [5.74, 6) is 8.62. The van der Waals surface area contributed by atoms with E-state index in [0.717, 1.165) is 25.1 Å². The Hall–Kier alpha value is -1.24. The number of rotatable bonds is 5. The van der Waals surface area contributed by atoms with Crippen molar-refractivity contribution < 1.29 is 4.79 Å². The van der Waals surface area contributed by atoms with Crippen molar-refractivity contribution in [2.75, 3.05) is 5.84 Å². The van der Waals surface area contributed by atoms with Gasteiger partial charge in [-0.05, 0) is 38.0 Å². The maximum atomic E-state index is 12.5. The van der Waals surface area contributed by atoms with Gasteiger partial charge in [0.25, 0.3) is 0 Å². The van der Waals surface area contributed by atoms with Crippen LogP contribution < -0.4 is 11.2 Å². The number of carbonyl (C=O) groups excluding carboxylic acids is 1. The predicted molar refractivity (Wildman–Crippen MR) is 91.6 cm³/mol. The third kappa shape index (κ3) is 3.65. The summed E-state index contributed by atoms with van der Waals surface area (Å²) >= 11 is 1.39. The van der Waals surface area contributed by atoms with Gasteiger partial charge in [0.2, 0.25) is 11.1 Å². The third-order valence-corrected chi connectivity index (χ3v) is 6.38. The molecule has 1 amide bonds. The number of nitrogens with one attached hydrogen (secondary N) is 1. The highest BCUT2D eigenvalue weighted by molar-refractivity contribution is 8.00. The summed E-state index contributed by atoms with van der Waals surface area (Å²) in [6.45, 7) is 6.42. The van der Waals surface area contributed by atoms with Crippen molar-refractivity contribution in [3.63, 3.8) is 0 Å². The summed E-state index contributed by atoms with van der Waals surface area (Å²) in [5, 5.41) is 11.9. The van der Waals surface area contributed by atoms with E-state index in [4.69, 9.17) is 5.84 Å². The predicted octanol–water partition coefficient (Wildman–Crippen LogP) is 2.29. The molecule has 7 heteroatoms. The number of amides is 1. The third-order valence-electron chi connectivity index (χ3n) is 5.32. The maximum Gasteiger partial charge on any atom is 0.233 e. The van der Waals surface area contributed by atoms with E-state index in [0.29, 0.717) is 22.9 Å². The standard InChI is InChI=1S/C16H27N5OS/c1-9-5-4-6-13(10(9)2)18-15(22)11(3)23-16-20-19-14(21(16)17)12-7-8-12/h9-13H,4-8,17H2,1-3H3,(H,18,22)/t9-,10+,11+,13-/m0/s1. The Bertz CT molecular complexity index is 571. The van der Waals surface area contributed by atoms with Crippen LogP contribution in [0.3, 0.4) is 0 Å². The SMILES string of the molecule is C[C@H]1[C@@H](NC(=O)[C@@H](C)Sc2nnc(C3CC3)n2N)CCC[C@@H]1C. The average Bonchev–Trinajstić information content (AvgIpc) is 3.30. The van der Waals surface area contributed by atoms with E-state index in [1.54, 1.807) is 4.68 Å². The average molecular weight is 337 g/mol. The van der Waals surface area contributed by atoms with Crippen LogP contribution in [-0.2, 0) is 4.79 Å². The monoisotopic (exact) mass is 337 g/mol. The molecular formula is C16H27N5OS. The Kier molecular flexibility index (Phi) is 4.85. The molecule has 1 heterocycles. The van der Waals surface area contributed by atoms with Crippen LogP contribution in [0.2, 0.25) is 0 Å². The number of nitrogen functional groups attached to an aromatic ring is 1. The van der Waals surface area contributed by atoms with E-state index in [1.807, 2.05) is 6.92 Å². The first-order chi connectivity index (χ1) is 11.0. The van der Waals surface area contributed by atoms with E-state index < -0.39 is 0 Å². The molecule has 0 unspecified atom stereocenters. The molecule has 2 aliphatic carbocycles. The number of aromatic nitrogens is 3. The molecule has 2 fully saturated rings. The molecule has 2 aliphatic rings. The molecule has 23 heavy (non-hydrogen) atoms. The highest BCUT2D eigenvalue weighted by atomic mass is 32.2. The van der Waals surface area contributed by atoms with E-state index in [2.05, 4.69) is 29.4 Å². The molecule has 1 aromatic rings. The van der Waals surface area contributed by atoms with Gasteiger partial charge < -0.3 is 11.2 Å². The van der Waals surface area contributed by atoms with Crippen molar-refractivity contribution >= 4 is 17.7 Å². The molecule has 4 atom stereocenters. The number of hydrogen-bond acceptors (Lipinski definition) is 5. The molecule has 1 aromatic heterocycles.